The summed E-state index contributed by atoms with van der Waals surface area (Å²) in [5.74, 6) is 0. The summed E-state index contributed by atoms with van der Waals surface area (Å²) in [7, 11) is 1.88. The van der Waals surface area contributed by atoms with Gasteiger partial charge in [-0.15, -0.1) is 0 Å². The van der Waals surface area contributed by atoms with E-state index in [9.17, 15) is 0 Å². The highest BCUT2D eigenvalue weighted by Crippen LogP contribution is 2.08. The quantitative estimate of drug-likeness (QED) is 0.487. The summed E-state index contributed by atoms with van der Waals surface area (Å²) >= 11 is 0. The molecular weight excluding hydrogens is 138 g/mol. The van der Waals surface area contributed by atoms with E-state index in [1.807, 2.05) is 7.05 Å². The highest BCUT2D eigenvalue weighted by Gasteiger charge is 1.95. The molecule has 0 radical (unpaired) electrons. The molecule has 11 heavy (non-hydrogen) atoms. The first kappa shape index (κ1) is 8.50. The van der Waals surface area contributed by atoms with Crippen LogP contribution in [0.25, 0.3) is 0 Å². The van der Waals surface area contributed by atoms with Crippen molar-refractivity contribution in [2.75, 3.05) is 20.4 Å². The van der Waals surface area contributed by atoms with Crippen molar-refractivity contribution in [1.29, 1.82) is 0 Å². The van der Waals surface area contributed by atoms with Gasteiger partial charge in [0.1, 0.15) is 0 Å². The van der Waals surface area contributed by atoms with Crippen LogP contribution in [-0.2, 0) is 4.74 Å². The molecule has 0 saturated carbocycles. The maximum Gasteiger partial charge on any atom is 0.0967 e. The lowest BCUT2D eigenvalue weighted by Crippen LogP contribution is -2.12. The van der Waals surface area contributed by atoms with E-state index in [4.69, 9.17) is 4.74 Å². The largest absolute Gasteiger partial charge is 0.362 e. The summed E-state index contributed by atoms with van der Waals surface area (Å²) < 4.78 is 5.29. The fourth-order valence-electron chi connectivity index (χ4n) is 1.05. The monoisotopic (exact) mass is 153 g/mol. The average molecular weight is 153 g/mol. The van der Waals surface area contributed by atoms with Gasteiger partial charge in [0.05, 0.1) is 13.3 Å². The van der Waals surface area contributed by atoms with Gasteiger partial charge in [-0.05, 0) is 25.5 Å². The van der Waals surface area contributed by atoms with Crippen molar-refractivity contribution >= 4 is 0 Å². The van der Waals surface area contributed by atoms with E-state index < -0.39 is 0 Å². The van der Waals surface area contributed by atoms with Crippen LogP contribution in [0.5, 0.6) is 0 Å². The Morgan fingerprint density at radius 1 is 1.55 bits per heavy atom. The Kier molecular flexibility index (Phi) is 3.94. The van der Waals surface area contributed by atoms with Crippen molar-refractivity contribution in [2.45, 2.75) is 12.8 Å². The van der Waals surface area contributed by atoms with Crippen molar-refractivity contribution in [1.82, 2.24) is 5.32 Å². The van der Waals surface area contributed by atoms with Crippen LogP contribution < -0.4 is 5.32 Å². The smallest absolute Gasteiger partial charge is 0.0967 e. The van der Waals surface area contributed by atoms with Gasteiger partial charge in [-0.25, -0.2) is 0 Å². The Morgan fingerprint density at radius 3 is 3.09 bits per heavy atom. The van der Waals surface area contributed by atoms with Crippen LogP contribution in [-0.4, -0.2) is 20.4 Å². The van der Waals surface area contributed by atoms with Gasteiger partial charge in [0.15, 0.2) is 0 Å². The van der Waals surface area contributed by atoms with Crippen molar-refractivity contribution in [3.05, 3.63) is 23.8 Å². The third-order valence-corrected chi connectivity index (χ3v) is 1.59. The second-order valence-electron chi connectivity index (χ2n) is 2.61. The molecule has 0 spiro atoms. The maximum atomic E-state index is 5.29. The molecule has 0 aromatic rings. The Hall–Kier alpha value is -0.600. The normalized spacial score (nSPS) is 16.6. The van der Waals surface area contributed by atoms with Crippen LogP contribution in [0.1, 0.15) is 12.8 Å². The molecule has 0 aliphatic heterocycles. The van der Waals surface area contributed by atoms with Gasteiger partial charge >= 0.3 is 0 Å². The molecule has 0 bridgehead atoms. The minimum absolute atomic E-state index is 0.630. The summed E-state index contributed by atoms with van der Waals surface area (Å²) in [4.78, 5) is 0. The second kappa shape index (κ2) is 5.10. The Labute approximate surface area is 67.9 Å². The lowest BCUT2D eigenvalue weighted by atomic mass is 10.1. The summed E-state index contributed by atoms with van der Waals surface area (Å²) in [6.45, 7) is 1.36. The lowest BCUT2D eigenvalue weighted by Gasteiger charge is -2.06. The minimum atomic E-state index is 0.630. The van der Waals surface area contributed by atoms with Gasteiger partial charge in [-0.2, -0.15) is 0 Å². The SMILES string of the molecule is CNCOCC1=CCCC=C1. The summed E-state index contributed by atoms with van der Waals surface area (Å²) in [5, 5.41) is 2.93. The summed E-state index contributed by atoms with van der Waals surface area (Å²) in [5.41, 5.74) is 1.30. The molecule has 62 valence electrons. The predicted octanol–water partition coefficient (Wildman–Crippen LogP) is 1.46. The number of rotatable bonds is 4. The van der Waals surface area contributed by atoms with E-state index in [1.54, 1.807) is 0 Å². The average Bonchev–Trinajstić information content (AvgIpc) is 2.07. The Morgan fingerprint density at radius 2 is 2.45 bits per heavy atom. The summed E-state index contributed by atoms with van der Waals surface area (Å²) in [6, 6.07) is 0. The van der Waals surface area contributed by atoms with Crippen molar-refractivity contribution < 1.29 is 4.74 Å². The highest BCUT2D eigenvalue weighted by atomic mass is 16.5. The molecule has 0 fully saturated rings. The molecule has 1 aliphatic rings. The minimum Gasteiger partial charge on any atom is -0.362 e. The van der Waals surface area contributed by atoms with E-state index in [2.05, 4.69) is 23.5 Å². The number of allylic oxidation sites excluding steroid dienone is 2. The molecule has 2 heteroatoms. The van der Waals surface area contributed by atoms with Crippen molar-refractivity contribution in [2.24, 2.45) is 0 Å². The van der Waals surface area contributed by atoms with Crippen LogP contribution in [0.15, 0.2) is 23.8 Å². The third-order valence-electron chi connectivity index (χ3n) is 1.59. The number of hydrogen-bond donors (Lipinski definition) is 1. The number of ether oxygens (including phenoxy) is 1. The zero-order valence-electron chi connectivity index (χ0n) is 6.97. The molecule has 1 aliphatic carbocycles. The van der Waals surface area contributed by atoms with E-state index in [0.717, 1.165) is 13.0 Å². The molecule has 0 amide bonds. The molecule has 0 aromatic heterocycles. The molecule has 0 heterocycles. The Bertz CT molecular complexity index is 161. The highest BCUT2D eigenvalue weighted by molar-refractivity contribution is 5.22. The fraction of sp³-hybridized carbons (Fsp3) is 0.556. The van der Waals surface area contributed by atoms with Gasteiger partial charge in [0.25, 0.3) is 0 Å². The van der Waals surface area contributed by atoms with E-state index in [0.29, 0.717) is 6.73 Å². The zero-order valence-corrected chi connectivity index (χ0v) is 6.97. The first-order chi connectivity index (χ1) is 5.43. The van der Waals surface area contributed by atoms with Crippen LogP contribution >= 0.6 is 0 Å². The van der Waals surface area contributed by atoms with E-state index in [1.165, 1.54) is 12.0 Å². The van der Waals surface area contributed by atoms with Gasteiger partial charge in [0, 0.05) is 0 Å². The molecule has 0 atom stereocenters. The number of hydrogen-bond acceptors (Lipinski definition) is 2. The third kappa shape index (κ3) is 3.35. The van der Waals surface area contributed by atoms with Crippen LogP contribution in [0.2, 0.25) is 0 Å². The molecule has 0 aromatic carbocycles. The zero-order chi connectivity index (χ0) is 7.94. The predicted molar refractivity (Wildman–Crippen MR) is 46.3 cm³/mol. The first-order valence-electron chi connectivity index (χ1n) is 4.01. The van der Waals surface area contributed by atoms with Crippen LogP contribution in [0.3, 0.4) is 0 Å². The topological polar surface area (TPSA) is 21.3 Å². The second-order valence-corrected chi connectivity index (χ2v) is 2.61. The molecular formula is C9H15NO. The summed E-state index contributed by atoms with van der Waals surface area (Å²) in [6.07, 6.45) is 8.90. The van der Waals surface area contributed by atoms with Crippen LogP contribution in [0.4, 0.5) is 0 Å². The first-order valence-corrected chi connectivity index (χ1v) is 4.01. The van der Waals surface area contributed by atoms with Gasteiger partial charge in [-0.1, -0.05) is 18.2 Å². The van der Waals surface area contributed by atoms with Crippen LogP contribution in [0, 0.1) is 0 Å². The van der Waals surface area contributed by atoms with Crippen molar-refractivity contribution in [3.8, 4) is 0 Å². The molecule has 1 rings (SSSR count). The van der Waals surface area contributed by atoms with Crippen molar-refractivity contribution in [3.63, 3.8) is 0 Å². The standard InChI is InChI=1S/C9H15NO/c1-10-8-11-7-9-5-3-2-4-6-9/h3,5-6,10H,2,4,7-8H2,1H3. The van der Waals surface area contributed by atoms with Gasteiger partial charge < -0.3 is 4.74 Å². The van der Waals surface area contributed by atoms with E-state index >= 15 is 0 Å². The molecule has 1 N–H and O–H groups in total. The lowest BCUT2D eigenvalue weighted by molar-refractivity contribution is 0.144. The molecule has 0 unspecified atom stereocenters. The molecule has 2 nitrogen and oxygen atoms in total. The van der Waals surface area contributed by atoms with Gasteiger partial charge in [0.2, 0.25) is 0 Å². The maximum absolute atomic E-state index is 5.29. The molecule has 0 saturated heterocycles. The Balaban J connectivity index is 2.15. The fourth-order valence-corrected chi connectivity index (χ4v) is 1.05. The number of nitrogens with one attached hydrogen (secondary N) is 1. The van der Waals surface area contributed by atoms with E-state index in [-0.39, 0.29) is 0 Å². The van der Waals surface area contributed by atoms with Gasteiger partial charge in [-0.3, -0.25) is 5.32 Å².